The minimum Gasteiger partial charge on any atom is -0.316 e. The number of nitrogens with one attached hydrogen (secondary N) is 1. The summed E-state index contributed by atoms with van der Waals surface area (Å²) in [6, 6.07) is 0. The monoisotopic (exact) mass is 226 g/mol. The van der Waals surface area contributed by atoms with Crippen molar-refractivity contribution >= 4 is 0 Å². The summed E-state index contributed by atoms with van der Waals surface area (Å²) in [5.74, 6) is 1.77. The lowest BCUT2D eigenvalue weighted by Crippen LogP contribution is -2.24. The van der Waals surface area contributed by atoms with Gasteiger partial charge in [-0.25, -0.2) is 0 Å². The Morgan fingerprint density at radius 2 is 2.12 bits per heavy atom. The molecule has 1 atom stereocenters. The molecule has 1 rings (SSSR count). The Kier molecular flexibility index (Phi) is 7.06. The minimum absolute atomic E-state index is 0.781. The molecule has 0 aliphatic carbocycles. The molecule has 1 aliphatic rings. The van der Waals surface area contributed by atoms with E-state index >= 15 is 0 Å². The van der Waals surface area contributed by atoms with Crippen LogP contribution in [0.3, 0.4) is 0 Å². The van der Waals surface area contributed by atoms with E-state index in [1.54, 1.807) is 0 Å². The summed E-state index contributed by atoms with van der Waals surface area (Å²) in [5.41, 5.74) is 0. The van der Waals surface area contributed by atoms with Crippen LogP contribution in [0.2, 0.25) is 0 Å². The van der Waals surface area contributed by atoms with Crippen molar-refractivity contribution in [3.63, 3.8) is 0 Å². The SMILES string of the molecule is CCC1CCN(CCCCNCC(C)C)C1. The largest absolute Gasteiger partial charge is 0.316 e. The topological polar surface area (TPSA) is 15.3 Å². The van der Waals surface area contributed by atoms with Crippen LogP contribution >= 0.6 is 0 Å². The van der Waals surface area contributed by atoms with Gasteiger partial charge in [0.15, 0.2) is 0 Å². The highest BCUT2D eigenvalue weighted by molar-refractivity contribution is 4.74. The molecule has 0 aromatic carbocycles. The molecular weight excluding hydrogens is 196 g/mol. The van der Waals surface area contributed by atoms with Gasteiger partial charge in [0, 0.05) is 6.54 Å². The normalized spacial score (nSPS) is 22.1. The van der Waals surface area contributed by atoms with Gasteiger partial charge in [0.05, 0.1) is 0 Å². The maximum absolute atomic E-state index is 3.51. The molecule has 0 aromatic rings. The van der Waals surface area contributed by atoms with Gasteiger partial charge in [-0.05, 0) is 57.3 Å². The van der Waals surface area contributed by atoms with Gasteiger partial charge in [-0.2, -0.15) is 0 Å². The fourth-order valence-corrected chi connectivity index (χ4v) is 2.43. The Hall–Kier alpha value is -0.0800. The molecule has 16 heavy (non-hydrogen) atoms. The molecule has 1 saturated heterocycles. The highest BCUT2D eigenvalue weighted by atomic mass is 15.1. The predicted octanol–water partition coefficient (Wildman–Crippen LogP) is 2.74. The Labute approximate surface area is 102 Å². The zero-order chi connectivity index (χ0) is 11.8. The van der Waals surface area contributed by atoms with E-state index in [0.717, 1.165) is 11.8 Å². The van der Waals surface area contributed by atoms with E-state index in [9.17, 15) is 0 Å². The molecule has 0 aromatic heterocycles. The third kappa shape index (κ3) is 5.86. The number of likely N-dealkylation sites (tertiary alicyclic amines) is 1. The Balaban J connectivity index is 1.88. The van der Waals surface area contributed by atoms with Crippen molar-refractivity contribution in [2.75, 3.05) is 32.7 Å². The second-order valence-electron chi connectivity index (χ2n) is 5.67. The van der Waals surface area contributed by atoms with Crippen LogP contribution in [0.5, 0.6) is 0 Å². The zero-order valence-electron chi connectivity index (χ0n) is 11.5. The molecule has 2 heteroatoms. The van der Waals surface area contributed by atoms with Crippen molar-refractivity contribution in [2.45, 2.75) is 46.5 Å². The first kappa shape index (κ1) is 14.0. The summed E-state index contributed by atoms with van der Waals surface area (Å²) in [7, 11) is 0. The molecule has 0 radical (unpaired) electrons. The summed E-state index contributed by atoms with van der Waals surface area (Å²) in [6.45, 7) is 13.2. The van der Waals surface area contributed by atoms with E-state index in [1.165, 1.54) is 58.4 Å². The molecule has 1 heterocycles. The summed E-state index contributed by atoms with van der Waals surface area (Å²) in [6.07, 6.45) is 5.50. The van der Waals surface area contributed by atoms with Crippen LogP contribution in [-0.2, 0) is 0 Å². The van der Waals surface area contributed by atoms with Crippen molar-refractivity contribution in [2.24, 2.45) is 11.8 Å². The van der Waals surface area contributed by atoms with E-state index in [4.69, 9.17) is 0 Å². The molecule has 0 saturated carbocycles. The average Bonchev–Trinajstić information content (AvgIpc) is 2.70. The predicted molar refractivity (Wildman–Crippen MR) is 71.8 cm³/mol. The smallest absolute Gasteiger partial charge is 0.00100 e. The van der Waals surface area contributed by atoms with Gasteiger partial charge in [0.2, 0.25) is 0 Å². The molecule has 1 N–H and O–H groups in total. The van der Waals surface area contributed by atoms with Crippen LogP contribution in [0.4, 0.5) is 0 Å². The molecule has 2 nitrogen and oxygen atoms in total. The van der Waals surface area contributed by atoms with Gasteiger partial charge in [-0.3, -0.25) is 0 Å². The van der Waals surface area contributed by atoms with Crippen LogP contribution in [0.25, 0.3) is 0 Å². The lowest BCUT2D eigenvalue weighted by atomic mass is 10.1. The molecule has 0 bridgehead atoms. The van der Waals surface area contributed by atoms with Gasteiger partial charge in [-0.15, -0.1) is 0 Å². The quantitative estimate of drug-likeness (QED) is 0.640. The molecule has 1 unspecified atom stereocenters. The van der Waals surface area contributed by atoms with Crippen LogP contribution in [-0.4, -0.2) is 37.6 Å². The van der Waals surface area contributed by atoms with Gasteiger partial charge in [0.25, 0.3) is 0 Å². The summed E-state index contributed by atoms with van der Waals surface area (Å²) < 4.78 is 0. The van der Waals surface area contributed by atoms with E-state index in [0.29, 0.717) is 0 Å². The van der Waals surface area contributed by atoms with Crippen molar-refractivity contribution < 1.29 is 0 Å². The van der Waals surface area contributed by atoms with E-state index in [1.807, 2.05) is 0 Å². The zero-order valence-corrected chi connectivity index (χ0v) is 11.5. The Morgan fingerprint density at radius 3 is 2.75 bits per heavy atom. The first-order valence-corrected chi connectivity index (χ1v) is 7.15. The maximum atomic E-state index is 3.51. The fraction of sp³-hybridized carbons (Fsp3) is 1.00. The first-order chi connectivity index (χ1) is 7.72. The number of hydrogen-bond donors (Lipinski definition) is 1. The summed E-state index contributed by atoms with van der Waals surface area (Å²) in [4.78, 5) is 2.65. The molecule has 1 fully saturated rings. The minimum atomic E-state index is 0.781. The second kappa shape index (κ2) is 8.08. The average molecular weight is 226 g/mol. The number of unbranched alkanes of at least 4 members (excludes halogenated alkanes) is 1. The van der Waals surface area contributed by atoms with Gasteiger partial charge < -0.3 is 10.2 Å². The fourth-order valence-electron chi connectivity index (χ4n) is 2.43. The Bertz CT molecular complexity index is 168. The van der Waals surface area contributed by atoms with Crippen molar-refractivity contribution in [1.82, 2.24) is 10.2 Å². The lowest BCUT2D eigenvalue weighted by Gasteiger charge is -2.15. The number of rotatable bonds is 8. The molecule has 96 valence electrons. The third-order valence-electron chi connectivity index (χ3n) is 3.58. The summed E-state index contributed by atoms with van der Waals surface area (Å²) >= 11 is 0. The van der Waals surface area contributed by atoms with Crippen LogP contribution in [0.15, 0.2) is 0 Å². The lowest BCUT2D eigenvalue weighted by molar-refractivity contribution is 0.314. The standard InChI is InChI=1S/C14H30N2/c1-4-14-7-10-16(12-14)9-6-5-8-15-11-13(2)3/h13-15H,4-12H2,1-3H3. The third-order valence-corrected chi connectivity index (χ3v) is 3.58. The van der Waals surface area contributed by atoms with Crippen molar-refractivity contribution in [3.8, 4) is 0 Å². The van der Waals surface area contributed by atoms with E-state index < -0.39 is 0 Å². The van der Waals surface area contributed by atoms with Crippen LogP contribution in [0, 0.1) is 11.8 Å². The van der Waals surface area contributed by atoms with Crippen LogP contribution < -0.4 is 5.32 Å². The maximum Gasteiger partial charge on any atom is 0.00100 e. The number of nitrogens with zero attached hydrogens (tertiary/aromatic N) is 1. The first-order valence-electron chi connectivity index (χ1n) is 7.15. The molecular formula is C14H30N2. The molecule has 1 aliphatic heterocycles. The Morgan fingerprint density at radius 1 is 1.31 bits per heavy atom. The highest BCUT2D eigenvalue weighted by Crippen LogP contribution is 2.18. The van der Waals surface area contributed by atoms with Gasteiger partial charge >= 0.3 is 0 Å². The van der Waals surface area contributed by atoms with E-state index in [-0.39, 0.29) is 0 Å². The van der Waals surface area contributed by atoms with Crippen molar-refractivity contribution in [1.29, 1.82) is 0 Å². The van der Waals surface area contributed by atoms with Gasteiger partial charge in [0.1, 0.15) is 0 Å². The highest BCUT2D eigenvalue weighted by Gasteiger charge is 2.19. The van der Waals surface area contributed by atoms with Gasteiger partial charge in [-0.1, -0.05) is 27.2 Å². The molecule has 0 amide bonds. The van der Waals surface area contributed by atoms with Crippen molar-refractivity contribution in [3.05, 3.63) is 0 Å². The van der Waals surface area contributed by atoms with Crippen LogP contribution in [0.1, 0.15) is 46.5 Å². The second-order valence-corrected chi connectivity index (χ2v) is 5.67. The number of hydrogen-bond acceptors (Lipinski definition) is 2. The molecule has 0 spiro atoms. The van der Waals surface area contributed by atoms with E-state index in [2.05, 4.69) is 31.0 Å². The summed E-state index contributed by atoms with van der Waals surface area (Å²) in [5, 5.41) is 3.51.